The summed E-state index contributed by atoms with van der Waals surface area (Å²) in [6.07, 6.45) is 0. The van der Waals surface area contributed by atoms with Gasteiger partial charge >= 0.3 is 0 Å². The number of anilines is 2. The van der Waals surface area contributed by atoms with Gasteiger partial charge in [0.1, 0.15) is 6.54 Å². The molecule has 1 heterocycles. The van der Waals surface area contributed by atoms with E-state index in [0.29, 0.717) is 16.4 Å². The quantitative estimate of drug-likeness (QED) is 0.872. The summed E-state index contributed by atoms with van der Waals surface area (Å²) < 4.78 is 0. The van der Waals surface area contributed by atoms with Crippen LogP contribution in [0.2, 0.25) is 10.0 Å². The van der Waals surface area contributed by atoms with Crippen molar-refractivity contribution in [2.75, 3.05) is 16.8 Å². The molecular weight excluding hydrogens is 311 g/mol. The summed E-state index contributed by atoms with van der Waals surface area (Å²) in [5, 5.41) is 3.22. The zero-order valence-electron chi connectivity index (χ0n) is 10.8. The molecule has 2 amide bonds. The van der Waals surface area contributed by atoms with Crippen LogP contribution in [0.15, 0.2) is 42.5 Å². The number of fused-ring (bicyclic) bond motifs is 1. The zero-order chi connectivity index (χ0) is 15.0. The van der Waals surface area contributed by atoms with Crippen LogP contribution in [0.5, 0.6) is 0 Å². The Morgan fingerprint density at radius 2 is 1.86 bits per heavy atom. The van der Waals surface area contributed by atoms with Crippen molar-refractivity contribution in [2.24, 2.45) is 0 Å². The van der Waals surface area contributed by atoms with Gasteiger partial charge < -0.3 is 5.32 Å². The number of halogens is 2. The second kappa shape index (κ2) is 5.39. The molecule has 0 atom stereocenters. The Morgan fingerprint density at radius 3 is 2.67 bits per heavy atom. The van der Waals surface area contributed by atoms with Gasteiger partial charge in [-0.15, -0.1) is 0 Å². The van der Waals surface area contributed by atoms with Gasteiger partial charge in [0.15, 0.2) is 0 Å². The first kappa shape index (κ1) is 13.9. The maximum Gasteiger partial charge on any atom is 0.260 e. The normalized spacial score (nSPS) is 13.6. The fourth-order valence-electron chi connectivity index (χ4n) is 2.23. The smallest absolute Gasteiger partial charge is 0.260 e. The van der Waals surface area contributed by atoms with Crippen molar-refractivity contribution < 1.29 is 9.59 Å². The molecule has 0 aliphatic carbocycles. The van der Waals surface area contributed by atoms with Crippen LogP contribution in [0.3, 0.4) is 0 Å². The van der Waals surface area contributed by atoms with E-state index in [9.17, 15) is 9.59 Å². The lowest BCUT2D eigenvalue weighted by molar-refractivity contribution is -0.115. The molecular formula is C15H10Cl2N2O2. The molecule has 0 aromatic heterocycles. The van der Waals surface area contributed by atoms with E-state index >= 15 is 0 Å². The van der Waals surface area contributed by atoms with Crippen LogP contribution in [-0.4, -0.2) is 18.4 Å². The number of rotatable bonds is 1. The first-order valence-electron chi connectivity index (χ1n) is 6.22. The van der Waals surface area contributed by atoms with Crippen molar-refractivity contribution >= 4 is 46.4 Å². The maximum absolute atomic E-state index is 12.7. The van der Waals surface area contributed by atoms with E-state index in [4.69, 9.17) is 23.2 Å². The minimum Gasteiger partial charge on any atom is -0.323 e. The Hall–Kier alpha value is -2.04. The van der Waals surface area contributed by atoms with Gasteiger partial charge in [-0.2, -0.15) is 0 Å². The van der Waals surface area contributed by atoms with Crippen LogP contribution in [0.25, 0.3) is 0 Å². The van der Waals surface area contributed by atoms with Crippen molar-refractivity contribution in [3.8, 4) is 0 Å². The summed E-state index contributed by atoms with van der Waals surface area (Å²) in [4.78, 5) is 25.8. The lowest BCUT2D eigenvalue weighted by atomic mass is 10.1. The van der Waals surface area contributed by atoms with E-state index in [0.717, 1.165) is 0 Å². The maximum atomic E-state index is 12.7. The number of hydrogen-bond acceptors (Lipinski definition) is 2. The average molecular weight is 321 g/mol. The monoisotopic (exact) mass is 320 g/mol. The first-order valence-corrected chi connectivity index (χ1v) is 6.98. The number of carbonyl (C=O) groups is 2. The van der Waals surface area contributed by atoms with Gasteiger partial charge in [0.25, 0.3) is 5.91 Å². The molecule has 106 valence electrons. The standard InChI is InChI=1S/C15H10Cl2N2O2/c16-10-5-3-4-9(14(10)17)15(21)19-8-13(20)18-11-6-1-2-7-12(11)19/h1-7H,8H2,(H,18,20). The minimum absolute atomic E-state index is 0.0569. The van der Waals surface area contributed by atoms with E-state index in [1.807, 2.05) is 0 Å². The highest BCUT2D eigenvalue weighted by Gasteiger charge is 2.28. The topological polar surface area (TPSA) is 49.4 Å². The largest absolute Gasteiger partial charge is 0.323 e. The summed E-state index contributed by atoms with van der Waals surface area (Å²) in [5.41, 5.74) is 1.51. The van der Waals surface area contributed by atoms with Gasteiger partial charge in [0.05, 0.1) is 27.0 Å². The van der Waals surface area contributed by atoms with Crippen molar-refractivity contribution in [2.45, 2.75) is 0 Å². The molecule has 0 bridgehead atoms. The van der Waals surface area contributed by atoms with Gasteiger partial charge in [0, 0.05) is 0 Å². The molecule has 0 fully saturated rings. The Labute approximate surface area is 131 Å². The Kier molecular flexibility index (Phi) is 3.57. The molecule has 1 N–H and O–H groups in total. The molecule has 0 unspecified atom stereocenters. The van der Waals surface area contributed by atoms with E-state index in [1.54, 1.807) is 42.5 Å². The van der Waals surface area contributed by atoms with Gasteiger partial charge in [-0.1, -0.05) is 41.4 Å². The lowest BCUT2D eigenvalue weighted by Crippen LogP contribution is -2.42. The van der Waals surface area contributed by atoms with Crippen molar-refractivity contribution in [3.63, 3.8) is 0 Å². The van der Waals surface area contributed by atoms with Gasteiger partial charge in [-0.3, -0.25) is 14.5 Å². The van der Waals surface area contributed by atoms with Gasteiger partial charge in [-0.25, -0.2) is 0 Å². The number of nitrogens with one attached hydrogen (secondary N) is 1. The average Bonchev–Trinajstić information content (AvgIpc) is 2.48. The molecule has 0 saturated carbocycles. The highest BCUT2D eigenvalue weighted by Crippen LogP contribution is 2.32. The number of amides is 2. The number of nitrogens with zero attached hydrogens (tertiary/aromatic N) is 1. The molecule has 3 rings (SSSR count). The summed E-state index contributed by atoms with van der Waals surface area (Å²) in [7, 11) is 0. The van der Waals surface area contributed by atoms with Crippen LogP contribution in [0, 0.1) is 0 Å². The van der Waals surface area contributed by atoms with E-state index in [-0.39, 0.29) is 28.9 Å². The highest BCUT2D eigenvalue weighted by atomic mass is 35.5. The summed E-state index contributed by atoms with van der Waals surface area (Å²) in [6, 6.07) is 12.0. The molecule has 1 aliphatic heterocycles. The van der Waals surface area contributed by atoms with Gasteiger partial charge in [0.2, 0.25) is 5.91 Å². The third-order valence-corrected chi connectivity index (χ3v) is 4.02. The third-order valence-electron chi connectivity index (χ3n) is 3.20. The molecule has 0 saturated heterocycles. The van der Waals surface area contributed by atoms with E-state index < -0.39 is 0 Å². The van der Waals surface area contributed by atoms with Crippen LogP contribution in [-0.2, 0) is 4.79 Å². The highest BCUT2D eigenvalue weighted by molar-refractivity contribution is 6.44. The van der Waals surface area contributed by atoms with Crippen LogP contribution >= 0.6 is 23.2 Å². The number of hydrogen-bond donors (Lipinski definition) is 1. The first-order chi connectivity index (χ1) is 10.1. The van der Waals surface area contributed by atoms with Gasteiger partial charge in [-0.05, 0) is 24.3 Å². The van der Waals surface area contributed by atoms with Crippen molar-refractivity contribution in [3.05, 3.63) is 58.1 Å². The van der Waals surface area contributed by atoms with Crippen LogP contribution in [0.1, 0.15) is 10.4 Å². The number of benzene rings is 2. The van der Waals surface area contributed by atoms with E-state index in [2.05, 4.69) is 5.32 Å². The number of carbonyl (C=O) groups excluding carboxylic acids is 2. The molecule has 2 aromatic rings. The second-order valence-electron chi connectivity index (χ2n) is 4.56. The minimum atomic E-state index is -0.357. The van der Waals surface area contributed by atoms with Crippen molar-refractivity contribution in [1.29, 1.82) is 0 Å². The van der Waals surface area contributed by atoms with Crippen molar-refractivity contribution in [1.82, 2.24) is 0 Å². The van der Waals surface area contributed by atoms with E-state index in [1.165, 1.54) is 4.90 Å². The fraction of sp³-hybridized carbons (Fsp3) is 0.0667. The molecule has 4 nitrogen and oxygen atoms in total. The summed E-state index contributed by atoms with van der Waals surface area (Å²) >= 11 is 12.0. The molecule has 0 radical (unpaired) electrons. The molecule has 6 heteroatoms. The second-order valence-corrected chi connectivity index (χ2v) is 5.34. The predicted molar refractivity (Wildman–Crippen MR) is 83.2 cm³/mol. The predicted octanol–water partition coefficient (Wildman–Crippen LogP) is 3.59. The molecule has 0 spiro atoms. The zero-order valence-corrected chi connectivity index (χ0v) is 12.3. The van der Waals surface area contributed by atoms with Crippen LogP contribution < -0.4 is 10.2 Å². The molecule has 21 heavy (non-hydrogen) atoms. The van der Waals surface area contributed by atoms with Crippen LogP contribution in [0.4, 0.5) is 11.4 Å². The third kappa shape index (κ3) is 2.48. The molecule has 1 aliphatic rings. The fourth-order valence-corrected chi connectivity index (χ4v) is 2.61. The molecule has 2 aromatic carbocycles. The number of para-hydroxylation sites is 2. The summed E-state index contributed by atoms with van der Waals surface area (Å²) in [6.45, 7) is -0.0569. The Balaban J connectivity index is 2.06. The SMILES string of the molecule is O=C1CN(C(=O)c2cccc(Cl)c2Cl)c2ccccc2N1. The lowest BCUT2D eigenvalue weighted by Gasteiger charge is -2.29. The Bertz CT molecular complexity index is 746. The Morgan fingerprint density at radius 1 is 1.10 bits per heavy atom. The summed E-state index contributed by atoms with van der Waals surface area (Å²) in [5.74, 6) is -0.606.